The molecule has 0 amide bonds. The normalized spacial score (nSPS) is 14.5. The Morgan fingerprint density at radius 3 is 2.61 bits per heavy atom. The number of fused-ring (bicyclic) bond motifs is 1. The van der Waals surface area contributed by atoms with Crippen LogP contribution in [0.5, 0.6) is 0 Å². The fraction of sp³-hybridized carbons (Fsp3) is 0.286. The summed E-state index contributed by atoms with van der Waals surface area (Å²) in [5.74, 6) is -0.351. The van der Waals surface area contributed by atoms with Gasteiger partial charge in [0.2, 0.25) is 0 Å². The molecule has 1 fully saturated rings. The number of rotatable bonds is 4. The van der Waals surface area contributed by atoms with E-state index in [-0.39, 0.29) is 5.97 Å². The lowest BCUT2D eigenvalue weighted by atomic mass is 10.2. The second-order valence-corrected chi connectivity index (χ2v) is 7.73. The van der Waals surface area contributed by atoms with E-state index in [0.717, 1.165) is 26.8 Å². The van der Waals surface area contributed by atoms with E-state index in [1.807, 2.05) is 54.0 Å². The van der Waals surface area contributed by atoms with Crippen molar-refractivity contribution < 1.29 is 14.3 Å². The highest BCUT2D eigenvalue weighted by atomic mass is 79.9. The quantitative estimate of drug-likeness (QED) is 0.507. The number of hydrogen-bond donors (Lipinski definition) is 0. The third-order valence-electron chi connectivity index (χ3n) is 4.79. The van der Waals surface area contributed by atoms with E-state index in [9.17, 15) is 4.79 Å². The average molecular weight is 464 g/mol. The maximum Gasteiger partial charge on any atom is 0.357 e. The molecular weight excluding hydrogens is 444 g/mol. The van der Waals surface area contributed by atoms with Crippen molar-refractivity contribution in [3.63, 3.8) is 0 Å². The third kappa shape index (κ3) is 3.41. The SMILES string of the molecule is CCOC(=O)c1c(N2CCOCC2)c2cc(Br)c(Cl)cc2n1-c1ccccc1. The molecule has 0 aliphatic carbocycles. The van der Waals surface area contributed by atoms with Gasteiger partial charge in [-0.2, -0.15) is 0 Å². The second-order valence-electron chi connectivity index (χ2n) is 6.47. The Hall–Kier alpha value is -2.02. The summed E-state index contributed by atoms with van der Waals surface area (Å²) in [6.45, 7) is 4.78. The molecule has 1 aliphatic rings. The van der Waals surface area contributed by atoms with Gasteiger partial charge in [0.1, 0.15) is 0 Å². The molecule has 0 radical (unpaired) electrons. The number of nitrogens with zero attached hydrogens (tertiary/aromatic N) is 2. The highest BCUT2D eigenvalue weighted by Crippen LogP contribution is 2.41. The van der Waals surface area contributed by atoms with Crippen molar-refractivity contribution in [2.75, 3.05) is 37.8 Å². The van der Waals surface area contributed by atoms with E-state index < -0.39 is 0 Å². The summed E-state index contributed by atoms with van der Waals surface area (Å²) in [6, 6.07) is 13.7. The molecule has 0 atom stereocenters. The van der Waals surface area contributed by atoms with Gasteiger partial charge in [0.25, 0.3) is 0 Å². The van der Waals surface area contributed by atoms with Crippen molar-refractivity contribution in [3.8, 4) is 5.69 Å². The van der Waals surface area contributed by atoms with Gasteiger partial charge in [-0.25, -0.2) is 4.79 Å². The van der Waals surface area contributed by atoms with Crippen LogP contribution in [0.2, 0.25) is 5.02 Å². The molecule has 5 nitrogen and oxygen atoms in total. The Balaban J connectivity index is 2.08. The number of halogens is 2. The van der Waals surface area contributed by atoms with Gasteiger partial charge in [-0.05, 0) is 47.1 Å². The molecule has 1 saturated heterocycles. The molecule has 3 aromatic rings. The predicted octanol–water partition coefficient (Wildman–Crippen LogP) is 5.06. The van der Waals surface area contributed by atoms with Gasteiger partial charge in [0, 0.05) is 28.6 Å². The molecule has 28 heavy (non-hydrogen) atoms. The molecule has 0 saturated carbocycles. The zero-order chi connectivity index (χ0) is 19.7. The number of carbonyl (C=O) groups excluding carboxylic acids is 1. The number of esters is 1. The maximum absolute atomic E-state index is 13.1. The van der Waals surface area contributed by atoms with E-state index >= 15 is 0 Å². The van der Waals surface area contributed by atoms with Crippen molar-refractivity contribution >= 4 is 50.1 Å². The summed E-state index contributed by atoms with van der Waals surface area (Å²) < 4.78 is 13.7. The van der Waals surface area contributed by atoms with Crippen LogP contribution in [0, 0.1) is 0 Å². The molecule has 1 aliphatic heterocycles. The number of ether oxygens (including phenoxy) is 2. The Kier molecular flexibility index (Phi) is 5.62. The molecule has 146 valence electrons. The maximum atomic E-state index is 13.1. The highest BCUT2D eigenvalue weighted by molar-refractivity contribution is 9.10. The molecule has 0 N–H and O–H groups in total. The van der Waals surface area contributed by atoms with Gasteiger partial charge < -0.3 is 18.9 Å². The van der Waals surface area contributed by atoms with E-state index in [2.05, 4.69) is 20.8 Å². The molecule has 0 unspecified atom stereocenters. The van der Waals surface area contributed by atoms with Gasteiger partial charge in [-0.1, -0.05) is 29.8 Å². The predicted molar refractivity (Wildman–Crippen MR) is 115 cm³/mol. The second kappa shape index (κ2) is 8.15. The number of anilines is 1. The first-order valence-corrected chi connectivity index (χ1v) is 10.4. The number of morpholine rings is 1. The van der Waals surface area contributed by atoms with Crippen molar-refractivity contribution in [1.82, 2.24) is 4.57 Å². The summed E-state index contributed by atoms with van der Waals surface area (Å²) in [5.41, 5.74) is 3.12. The van der Waals surface area contributed by atoms with Crippen LogP contribution in [-0.2, 0) is 9.47 Å². The van der Waals surface area contributed by atoms with Gasteiger partial charge >= 0.3 is 5.97 Å². The molecule has 0 bridgehead atoms. The third-order valence-corrected chi connectivity index (χ3v) is 5.99. The lowest BCUT2D eigenvalue weighted by molar-refractivity contribution is 0.0517. The van der Waals surface area contributed by atoms with Crippen molar-refractivity contribution in [2.24, 2.45) is 0 Å². The summed E-state index contributed by atoms with van der Waals surface area (Å²) in [6.07, 6.45) is 0. The van der Waals surface area contributed by atoms with E-state index in [1.165, 1.54) is 0 Å². The fourth-order valence-electron chi connectivity index (χ4n) is 3.60. The van der Waals surface area contributed by atoms with Crippen LogP contribution < -0.4 is 4.90 Å². The monoisotopic (exact) mass is 462 g/mol. The number of para-hydroxylation sites is 1. The average Bonchev–Trinajstić information content (AvgIpc) is 3.04. The van der Waals surface area contributed by atoms with Crippen molar-refractivity contribution in [3.05, 3.63) is 57.7 Å². The topological polar surface area (TPSA) is 43.7 Å². The van der Waals surface area contributed by atoms with E-state index in [1.54, 1.807) is 0 Å². The lowest BCUT2D eigenvalue weighted by Crippen LogP contribution is -2.37. The minimum Gasteiger partial charge on any atom is -0.461 e. The largest absolute Gasteiger partial charge is 0.461 e. The minimum atomic E-state index is -0.351. The smallest absolute Gasteiger partial charge is 0.357 e. The molecule has 7 heteroatoms. The zero-order valence-electron chi connectivity index (χ0n) is 15.5. The van der Waals surface area contributed by atoms with Crippen LogP contribution in [0.3, 0.4) is 0 Å². The molecule has 4 rings (SSSR count). The number of hydrogen-bond acceptors (Lipinski definition) is 4. The van der Waals surface area contributed by atoms with Crippen molar-refractivity contribution in [2.45, 2.75) is 6.92 Å². The molecule has 0 spiro atoms. The zero-order valence-corrected chi connectivity index (χ0v) is 17.8. The van der Waals surface area contributed by atoms with Gasteiger partial charge in [-0.3, -0.25) is 0 Å². The first-order valence-electron chi connectivity index (χ1n) is 9.20. The van der Waals surface area contributed by atoms with Crippen LogP contribution in [0.25, 0.3) is 16.6 Å². The Bertz CT molecular complexity index is 1010. The molecule has 2 aromatic carbocycles. The summed E-state index contributed by atoms with van der Waals surface area (Å²) in [7, 11) is 0. The van der Waals surface area contributed by atoms with Crippen molar-refractivity contribution in [1.29, 1.82) is 0 Å². The lowest BCUT2D eigenvalue weighted by Gasteiger charge is -2.29. The van der Waals surface area contributed by atoms with Crippen LogP contribution >= 0.6 is 27.5 Å². The van der Waals surface area contributed by atoms with Crippen LogP contribution in [0.1, 0.15) is 17.4 Å². The number of carbonyl (C=O) groups is 1. The molecular formula is C21H20BrClN2O3. The Labute approximate surface area is 176 Å². The molecule has 1 aromatic heterocycles. The Morgan fingerprint density at radius 2 is 1.93 bits per heavy atom. The number of aromatic nitrogens is 1. The van der Waals surface area contributed by atoms with Crippen LogP contribution in [0.4, 0.5) is 5.69 Å². The van der Waals surface area contributed by atoms with E-state index in [0.29, 0.717) is 43.6 Å². The summed E-state index contributed by atoms with van der Waals surface area (Å²) >= 11 is 9.96. The summed E-state index contributed by atoms with van der Waals surface area (Å²) in [5, 5.41) is 1.54. The molecule has 2 heterocycles. The van der Waals surface area contributed by atoms with Crippen LogP contribution in [0.15, 0.2) is 46.9 Å². The highest BCUT2D eigenvalue weighted by Gasteiger charge is 2.29. The van der Waals surface area contributed by atoms with Gasteiger partial charge in [0.15, 0.2) is 5.69 Å². The van der Waals surface area contributed by atoms with Gasteiger partial charge in [0.05, 0.1) is 36.0 Å². The van der Waals surface area contributed by atoms with Crippen LogP contribution in [-0.4, -0.2) is 43.4 Å². The fourth-order valence-corrected chi connectivity index (χ4v) is 4.11. The first kappa shape index (κ1) is 19.3. The minimum absolute atomic E-state index is 0.308. The first-order chi connectivity index (χ1) is 13.6. The Morgan fingerprint density at radius 1 is 1.21 bits per heavy atom. The van der Waals surface area contributed by atoms with Gasteiger partial charge in [-0.15, -0.1) is 0 Å². The number of benzene rings is 2. The standard InChI is InChI=1S/C21H20BrClN2O3/c1-2-28-21(26)20-19(24-8-10-27-11-9-24)15-12-16(22)17(23)13-18(15)25(20)14-6-4-3-5-7-14/h3-7,12-13H,2,8-11H2,1H3. The summed E-state index contributed by atoms with van der Waals surface area (Å²) in [4.78, 5) is 15.3. The van der Waals surface area contributed by atoms with E-state index in [4.69, 9.17) is 21.1 Å².